The van der Waals surface area contributed by atoms with Crippen molar-refractivity contribution < 1.29 is 19.4 Å². The minimum atomic E-state index is -0.787. The zero-order chi connectivity index (χ0) is 14.4. The van der Waals surface area contributed by atoms with Crippen molar-refractivity contribution in [1.29, 1.82) is 0 Å². The van der Waals surface area contributed by atoms with Crippen LogP contribution in [0.2, 0.25) is 0 Å². The van der Waals surface area contributed by atoms with Crippen LogP contribution in [-0.4, -0.2) is 72.7 Å². The Hall–Kier alpha value is -1.14. The van der Waals surface area contributed by atoms with Crippen molar-refractivity contribution in [3.05, 3.63) is 0 Å². The minimum absolute atomic E-state index is 0.0856. The lowest BCUT2D eigenvalue weighted by molar-refractivity contribution is -0.138. The van der Waals surface area contributed by atoms with E-state index in [0.29, 0.717) is 45.2 Å². The first-order valence-corrected chi connectivity index (χ1v) is 7.45. The van der Waals surface area contributed by atoms with Crippen LogP contribution in [-0.2, 0) is 14.3 Å². The third kappa shape index (κ3) is 5.46. The van der Waals surface area contributed by atoms with Crippen molar-refractivity contribution in [2.45, 2.75) is 25.7 Å². The molecule has 6 heteroatoms. The monoisotopic (exact) mass is 284 g/mol. The molecule has 1 N–H and O–H groups in total. The first-order valence-electron chi connectivity index (χ1n) is 7.45. The Labute approximate surface area is 119 Å². The van der Waals surface area contributed by atoms with E-state index in [9.17, 15) is 9.59 Å². The van der Waals surface area contributed by atoms with Crippen LogP contribution in [0.25, 0.3) is 0 Å². The summed E-state index contributed by atoms with van der Waals surface area (Å²) in [5.74, 6) is 0.0458. The number of hydrogen-bond donors (Lipinski definition) is 1. The molecule has 2 fully saturated rings. The molecule has 2 rings (SSSR count). The predicted octanol–water partition coefficient (Wildman–Crippen LogP) is 0.422. The summed E-state index contributed by atoms with van der Waals surface area (Å²) in [5.41, 5.74) is 0. The van der Waals surface area contributed by atoms with Crippen LogP contribution in [0.5, 0.6) is 0 Å². The first-order chi connectivity index (χ1) is 9.65. The molecule has 0 aromatic carbocycles. The van der Waals surface area contributed by atoms with E-state index in [1.54, 1.807) is 0 Å². The molecule has 1 aliphatic heterocycles. The molecule has 0 aromatic rings. The van der Waals surface area contributed by atoms with E-state index >= 15 is 0 Å². The number of rotatable bonds is 8. The van der Waals surface area contributed by atoms with E-state index in [1.807, 2.05) is 9.80 Å². The summed E-state index contributed by atoms with van der Waals surface area (Å²) >= 11 is 0. The van der Waals surface area contributed by atoms with Crippen molar-refractivity contribution in [1.82, 2.24) is 9.80 Å². The molecule has 20 heavy (non-hydrogen) atoms. The zero-order valence-electron chi connectivity index (χ0n) is 11.9. The lowest BCUT2D eigenvalue weighted by Gasteiger charge is -2.27. The number of carboxylic acids is 1. The second kappa shape index (κ2) is 7.59. The number of aliphatic carboxylic acids is 1. The first kappa shape index (κ1) is 15.3. The minimum Gasteiger partial charge on any atom is -0.480 e. The SMILES string of the molecule is O=C(O)CN(CCCC(=O)N1CCOCC1)CC1CC1. The number of ether oxygens (including phenoxy) is 1. The standard InChI is InChI=1S/C14H24N2O4/c17-13(16-6-8-20-9-7-16)2-1-5-15(11-14(18)19)10-12-3-4-12/h12H,1-11H2,(H,18,19). The van der Waals surface area contributed by atoms with Gasteiger partial charge in [0.05, 0.1) is 19.8 Å². The van der Waals surface area contributed by atoms with Gasteiger partial charge >= 0.3 is 5.97 Å². The lowest BCUT2D eigenvalue weighted by atomic mass is 10.2. The Kier molecular flexibility index (Phi) is 5.79. The van der Waals surface area contributed by atoms with Gasteiger partial charge in [0.25, 0.3) is 0 Å². The highest BCUT2D eigenvalue weighted by molar-refractivity contribution is 5.76. The van der Waals surface area contributed by atoms with Crippen LogP contribution >= 0.6 is 0 Å². The summed E-state index contributed by atoms with van der Waals surface area (Å²) in [5, 5.41) is 8.90. The van der Waals surface area contributed by atoms with Gasteiger partial charge in [-0.15, -0.1) is 0 Å². The smallest absolute Gasteiger partial charge is 0.317 e. The Balaban J connectivity index is 1.65. The molecule has 114 valence electrons. The van der Waals surface area contributed by atoms with Crippen LogP contribution in [0.1, 0.15) is 25.7 Å². The van der Waals surface area contributed by atoms with E-state index in [2.05, 4.69) is 0 Å². The van der Waals surface area contributed by atoms with Crippen molar-refractivity contribution in [2.24, 2.45) is 5.92 Å². The fourth-order valence-corrected chi connectivity index (χ4v) is 2.52. The quantitative estimate of drug-likeness (QED) is 0.699. The van der Waals surface area contributed by atoms with Gasteiger partial charge in [0, 0.05) is 26.1 Å². The molecule has 0 unspecified atom stereocenters. The van der Waals surface area contributed by atoms with Crippen LogP contribution < -0.4 is 0 Å². The number of nitrogens with zero attached hydrogens (tertiary/aromatic N) is 2. The maximum atomic E-state index is 12.0. The Bertz CT molecular complexity index is 338. The van der Waals surface area contributed by atoms with E-state index in [4.69, 9.17) is 9.84 Å². The summed E-state index contributed by atoms with van der Waals surface area (Å²) in [4.78, 5) is 26.6. The Morgan fingerprint density at radius 1 is 1.25 bits per heavy atom. The number of carbonyl (C=O) groups excluding carboxylic acids is 1. The van der Waals surface area contributed by atoms with Crippen molar-refractivity contribution in [3.63, 3.8) is 0 Å². The highest BCUT2D eigenvalue weighted by atomic mass is 16.5. The van der Waals surface area contributed by atoms with Crippen LogP contribution in [0.4, 0.5) is 0 Å². The average Bonchev–Trinajstić information content (AvgIpc) is 3.22. The van der Waals surface area contributed by atoms with E-state index in [-0.39, 0.29) is 12.5 Å². The molecule has 1 aliphatic carbocycles. The molecular weight excluding hydrogens is 260 g/mol. The van der Waals surface area contributed by atoms with Gasteiger partial charge in [-0.3, -0.25) is 14.5 Å². The zero-order valence-corrected chi connectivity index (χ0v) is 11.9. The fourth-order valence-electron chi connectivity index (χ4n) is 2.52. The fraction of sp³-hybridized carbons (Fsp3) is 0.857. The van der Waals surface area contributed by atoms with E-state index in [1.165, 1.54) is 12.8 Å². The molecule has 6 nitrogen and oxygen atoms in total. The number of carbonyl (C=O) groups is 2. The van der Waals surface area contributed by atoms with Crippen LogP contribution in [0.15, 0.2) is 0 Å². The number of amides is 1. The third-order valence-corrected chi connectivity index (χ3v) is 3.80. The summed E-state index contributed by atoms with van der Waals surface area (Å²) in [6.07, 6.45) is 3.66. The molecule has 0 atom stereocenters. The van der Waals surface area contributed by atoms with Gasteiger partial charge in [-0.25, -0.2) is 0 Å². The molecule has 1 heterocycles. The third-order valence-electron chi connectivity index (χ3n) is 3.80. The van der Waals surface area contributed by atoms with Crippen molar-refractivity contribution >= 4 is 11.9 Å². The lowest BCUT2D eigenvalue weighted by Crippen LogP contribution is -2.41. The maximum absolute atomic E-state index is 12.0. The molecule has 0 radical (unpaired) electrons. The molecule has 0 bridgehead atoms. The molecule has 1 saturated carbocycles. The van der Waals surface area contributed by atoms with Crippen molar-refractivity contribution in [3.8, 4) is 0 Å². The Morgan fingerprint density at radius 2 is 1.95 bits per heavy atom. The maximum Gasteiger partial charge on any atom is 0.317 e. The normalized spacial score (nSPS) is 19.4. The van der Waals surface area contributed by atoms with Crippen LogP contribution in [0.3, 0.4) is 0 Å². The summed E-state index contributed by atoms with van der Waals surface area (Å²) < 4.78 is 5.22. The van der Waals surface area contributed by atoms with E-state index in [0.717, 1.165) is 13.0 Å². The predicted molar refractivity (Wildman–Crippen MR) is 73.4 cm³/mol. The second-order valence-electron chi connectivity index (χ2n) is 5.67. The number of carboxylic acid groups (broad SMARTS) is 1. The van der Waals surface area contributed by atoms with Crippen LogP contribution in [0, 0.1) is 5.92 Å². The average molecular weight is 284 g/mol. The van der Waals surface area contributed by atoms with Crippen molar-refractivity contribution in [2.75, 3.05) is 45.9 Å². The molecule has 1 saturated heterocycles. The van der Waals surface area contributed by atoms with Gasteiger partial charge in [-0.2, -0.15) is 0 Å². The molecular formula is C14H24N2O4. The van der Waals surface area contributed by atoms with E-state index < -0.39 is 5.97 Å². The molecule has 0 spiro atoms. The largest absolute Gasteiger partial charge is 0.480 e. The van der Waals surface area contributed by atoms with Gasteiger partial charge in [0.1, 0.15) is 0 Å². The highest BCUT2D eigenvalue weighted by Crippen LogP contribution is 2.29. The molecule has 2 aliphatic rings. The molecule has 0 aromatic heterocycles. The topological polar surface area (TPSA) is 70.1 Å². The summed E-state index contributed by atoms with van der Waals surface area (Å²) in [7, 11) is 0. The van der Waals surface area contributed by atoms with Gasteiger partial charge in [0.15, 0.2) is 0 Å². The molecule has 1 amide bonds. The second-order valence-corrected chi connectivity index (χ2v) is 5.67. The van der Waals surface area contributed by atoms with Gasteiger partial charge in [-0.05, 0) is 31.7 Å². The number of morpholine rings is 1. The highest BCUT2D eigenvalue weighted by Gasteiger charge is 2.25. The Morgan fingerprint density at radius 3 is 2.55 bits per heavy atom. The van der Waals surface area contributed by atoms with Gasteiger partial charge in [-0.1, -0.05) is 0 Å². The summed E-state index contributed by atoms with van der Waals surface area (Å²) in [6, 6.07) is 0. The number of hydrogen-bond acceptors (Lipinski definition) is 4. The van der Waals surface area contributed by atoms with Gasteiger partial charge < -0.3 is 14.7 Å². The summed E-state index contributed by atoms with van der Waals surface area (Å²) in [6.45, 7) is 4.25. The van der Waals surface area contributed by atoms with Gasteiger partial charge in [0.2, 0.25) is 5.91 Å².